The van der Waals surface area contributed by atoms with Crippen molar-refractivity contribution in [3.63, 3.8) is 0 Å². The molecule has 2 aromatic carbocycles. The Balaban J connectivity index is 1.59. The maximum absolute atomic E-state index is 13.3. The van der Waals surface area contributed by atoms with E-state index in [4.69, 9.17) is 23.2 Å². The van der Waals surface area contributed by atoms with Crippen LogP contribution in [0.25, 0.3) is 0 Å². The van der Waals surface area contributed by atoms with Gasteiger partial charge < -0.3 is 9.80 Å². The molecule has 146 valence electrons. The van der Waals surface area contributed by atoms with Gasteiger partial charge in [-0.3, -0.25) is 9.59 Å². The van der Waals surface area contributed by atoms with Crippen molar-refractivity contribution < 1.29 is 9.59 Å². The van der Waals surface area contributed by atoms with Crippen LogP contribution in [-0.2, 0) is 20.9 Å². The molecule has 4 nitrogen and oxygen atoms in total. The first-order valence-corrected chi connectivity index (χ1v) is 10.3. The molecule has 2 aliphatic heterocycles. The normalized spacial score (nSPS) is 20.6. The number of hydrogen-bond acceptors (Lipinski definition) is 2. The van der Waals surface area contributed by atoms with Gasteiger partial charge in [-0.15, -0.1) is 11.6 Å². The molecule has 2 aromatic rings. The summed E-state index contributed by atoms with van der Waals surface area (Å²) in [7, 11) is 0. The summed E-state index contributed by atoms with van der Waals surface area (Å²) in [4.78, 5) is 29.4. The van der Waals surface area contributed by atoms with E-state index in [-0.39, 0.29) is 29.6 Å². The van der Waals surface area contributed by atoms with Crippen molar-refractivity contribution in [3.8, 4) is 0 Å². The average molecular weight is 417 g/mol. The third kappa shape index (κ3) is 3.29. The number of halogens is 2. The van der Waals surface area contributed by atoms with Gasteiger partial charge in [-0.05, 0) is 35.4 Å². The number of carbonyl (C=O) groups is 2. The number of carbonyl (C=O) groups excluding carboxylic acids is 2. The first kappa shape index (κ1) is 19.3. The molecule has 0 radical (unpaired) electrons. The number of fused-ring (bicyclic) bond motifs is 1. The average Bonchev–Trinajstić information content (AvgIpc) is 3.18. The summed E-state index contributed by atoms with van der Waals surface area (Å²) in [5, 5.41) is 0.574. The van der Waals surface area contributed by atoms with Crippen LogP contribution in [-0.4, -0.2) is 24.9 Å². The summed E-state index contributed by atoms with van der Waals surface area (Å²) < 4.78 is 0. The van der Waals surface area contributed by atoms with Gasteiger partial charge in [0.25, 0.3) is 0 Å². The SMILES string of the molecule is CC1(C)CN(C(=O)C2CC(=O)N(c3cccc(Cl)c3)C2)c2ccc(CCl)cc21. The molecule has 2 heterocycles. The molecule has 0 N–H and O–H groups in total. The molecule has 4 rings (SSSR count). The van der Waals surface area contributed by atoms with Gasteiger partial charge in [0.15, 0.2) is 0 Å². The van der Waals surface area contributed by atoms with Crippen molar-refractivity contribution in [3.05, 3.63) is 58.6 Å². The van der Waals surface area contributed by atoms with Gasteiger partial charge in [0.2, 0.25) is 11.8 Å². The van der Waals surface area contributed by atoms with E-state index in [1.807, 2.05) is 29.2 Å². The van der Waals surface area contributed by atoms with Gasteiger partial charge in [0.1, 0.15) is 0 Å². The van der Waals surface area contributed by atoms with E-state index in [1.165, 1.54) is 0 Å². The van der Waals surface area contributed by atoms with Crippen molar-refractivity contribution in [1.29, 1.82) is 0 Å². The van der Waals surface area contributed by atoms with E-state index in [2.05, 4.69) is 19.9 Å². The molecule has 1 unspecified atom stereocenters. The molecule has 0 saturated carbocycles. The number of alkyl halides is 1. The van der Waals surface area contributed by atoms with E-state index in [9.17, 15) is 9.59 Å². The maximum atomic E-state index is 13.3. The lowest BCUT2D eigenvalue weighted by molar-refractivity contribution is -0.124. The molecule has 1 fully saturated rings. The Morgan fingerprint density at radius 1 is 1.21 bits per heavy atom. The number of rotatable bonds is 3. The van der Waals surface area contributed by atoms with Crippen LogP contribution in [0.1, 0.15) is 31.4 Å². The molecule has 2 aliphatic rings. The molecular weight excluding hydrogens is 395 g/mol. The van der Waals surface area contributed by atoms with Crippen LogP contribution in [0.4, 0.5) is 11.4 Å². The van der Waals surface area contributed by atoms with Crippen molar-refractivity contribution in [1.82, 2.24) is 0 Å². The number of nitrogens with zero attached hydrogens (tertiary/aromatic N) is 2. The zero-order chi connectivity index (χ0) is 20.1. The largest absolute Gasteiger partial charge is 0.312 e. The van der Waals surface area contributed by atoms with Crippen LogP contribution in [0.15, 0.2) is 42.5 Å². The van der Waals surface area contributed by atoms with E-state index in [0.717, 1.165) is 22.5 Å². The maximum Gasteiger partial charge on any atom is 0.232 e. The number of amides is 2. The summed E-state index contributed by atoms with van der Waals surface area (Å²) >= 11 is 12.1. The zero-order valence-electron chi connectivity index (χ0n) is 15.9. The van der Waals surface area contributed by atoms with Crippen LogP contribution in [0.5, 0.6) is 0 Å². The predicted molar refractivity (Wildman–Crippen MR) is 113 cm³/mol. The molecule has 28 heavy (non-hydrogen) atoms. The first-order chi connectivity index (χ1) is 13.3. The Morgan fingerprint density at radius 2 is 2.00 bits per heavy atom. The fraction of sp³-hybridized carbons (Fsp3) is 0.364. The van der Waals surface area contributed by atoms with Crippen LogP contribution in [0.3, 0.4) is 0 Å². The highest BCUT2D eigenvalue weighted by molar-refractivity contribution is 6.31. The fourth-order valence-electron chi connectivity index (χ4n) is 4.19. The van der Waals surface area contributed by atoms with Crippen molar-refractivity contribution in [2.75, 3.05) is 22.9 Å². The monoisotopic (exact) mass is 416 g/mol. The predicted octanol–water partition coefficient (Wildman–Crippen LogP) is 4.76. The Kier molecular flexibility index (Phi) is 4.88. The molecular formula is C22H22Cl2N2O2. The lowest BCUT2D eigenvalue weighted by atomic mass is 9.86. The molecule has 2 amide bonds. The van der Waals surface area contributed by atoms with Crippen LogP contribution in [0.2, 0.25) is 5.02 Å². The van der Waals surface area contributed by atoms with Gasteiger partial charge in [0.05, 0.1) is 5.92 Å². The highest BCUT2D eigenvalue weighted by Crippen LogP contribution is 2.42. The highest BCUT2D eigenvalue weighted by atomic mass is 35.5. The van der Waals surface area contributed by atoms with Crippen molar-refractivity contribution in [2.45, 2.75) is 31.6 Å². The summed E-state index contributed by atoms with van der Waals surface area (Å²) in [6.45, 7) is 5.25. The first-order valence-electron chi connectivity index (χ1n) is 9.37. The topological polar surface area (TPSA) is 40.6 Å². The Bertz CT molecular complexity index is 957. The summed E-state index contributed by atoms with van der Waals surface area (Å²) in [5.74, 6) is 0.0456. The smallest absolute Gasteiger partial charge is 0.232 e. The van der Waals surface area contributed by atoms with E-state index < -0.39 is 0 Å². The van der Waals surface area contributed by atoms with Gasteiger partial charge in [0, 0.05) is 47.2 Å². The van der Waals surface area contributed by atoms with Crippen molar-refractivity contribution >= 4 is 46.4 Å². The molecule has 0 bridgehead atoms. The Labute approximate surface area is 175 Å². The van der Waals surface area contributed by atoms with Crippen molar-refractivity contribution in [2.24, 2.45) is 5.92 Å². The van der Waals surface area contributed by atoms with Gasteiger partial charge in [-0.2, -0.15) is 0 Å². The van der Waals surface area contributed by atoms with Crippen LogP contribution >= 0.6 is 23.2 Å². The standard InChI is InChI=1S/C22H22Cl2N2O2/c1-22(2)13-26(19-7-6-14(11-23)8-18(19)22)21(28)15-9-20(27)25(12-15)17-5-3-4-16(24)10-17/h3-8,10,15H,9,11-13H2,1-2H3. The minimum absolute atomic E-state index is 0.00308. The van der Waals surface area contributed by atoms with Crippen LogP contribution in [0, 0.1) is 5.92 Å². The molecule has 0 aromatic heterocycles. The minimum Gasteiger partial charge on any atom is -0.312 e. The second-order valence-corrected chi connectivity index (χ2v) is 8.88. The van der Waals surface area contributed by atoms with Gasteiger partial charge in [-0.1, -0.05) is 43.6 Å². The van der Waals surface area contributed by atoms with Crippen LogP contribution < -0.4 is 9.80 Å². The highest BCUT2D eigenvalue weighted by Gasteiger charge is 2.43. The van der Waals surface area contributed by atoms with E-state index in [0.29, 0.717) is 24.0 Å². The summed E-state index contributed by atoms with van der Waals surface area (Å²) in [6, 6.07) is 13.2. The lowest BCUT2D eigenvalue weighted by Crippen LogP contribution is -2.39. The van der Waals surface area contributed by atoms with E-state index in [1.54, 1.807) is 17.0 Å². The number of hydrogen-bond donors (Lipinski definition) is 0. The van der Waals surface area contributed by atoms with Gasteiger partial charge in [-0.25, -0.2) is 0 Å². The zero-order valence-corrected chi connectivity index (χ0v) is 17.4. The third-order valence-electron chi connectivity index (χ3n) is 5.65. The number of benzene rings is 2. The lowest BCUT2D eigenvalue weighted by Gasteiger charge is -2.23. The minimum atomic E-state index is -0.360. The summed E-state index contributed by atoms with van der Waals surface area (Å²) in [6.07, 6.45) is 0.220. The van der Waals surface area contributed by atoms with Gasteiger partial charge >= 0.3 is 0 Å². The molecule has 0 aliphatic carbocycles. The second kappa shape index (κ2) is 7.09. The second-order valence-electron chi connectivity index (χ2n) is 8.18. The Morgan fingerprint density at radius 3 is 2.71 bits per heavy atom. The molecule has 0 spiro atoms. The number of anilines is 2. The molecule has 1 atom stereocenters. The fourth-order valence-corrected chi connectivity index (χ4v) is 4.54. The Hall–Kier alpha value is -2.04. The summed E-state index contributed by atoms with van der Waals surface area (Å²) in [5.41, 5.74) is 3.70. The molecule has 1 saturated heterocycles. The quantitative estimate of drug-likeness (QED) is 0.676. The third-order valence-corrected chi connectivity index (χ3v) is 6.19. The molecule has 6 heteroatoms. The van der Waals surface area contributed by atoms with E-state index >= 15 is 0 Å².